The summed E-state index contributed by atoms with van der Waals surface area (Å²) in [6.07, 6.45) is 2.14. The molecule has 0 saturated carbocycles. The van der Waals surface area contributed by atoms with Gasteiger partial charge in [0, 0.05) is 26.1 Å². The summed E-state index contributed by atoms with van der Waals surface area (Å²) in [6, 6.07) is 34.8. The van der Waals surface area contributed by atoms with Crippen LogP contribution in [0.4, 0.5) is 4.79 Å². The average Bonchev–Trinajstić information content (AvgIpc) is 3.04. The Morgan fingerprint density at radius 2 is 1.42 bits per heavy atom. The van der Waals surface area contributed by atoms with Gasteiger partial charge >= 0.3 is 6.03 Å². The number of amides is 2. The van der Waals surface area contributed by atoms with E-state index in [1.165, 1.54) is 16.0 Å². The van der Waals surface area contributed by atoms with Crippen LogP contribution in [0.15, 0.2) is 103 Å². The fourth-order valence-electron chi connectivity index (χ4n) is 5.11. The molecule has 3 N–H and O–H groups in total. The van der Waals surface area contributed by atoms with E-state index in [4.69, 9.17) is 5.41 Å². The smallest absolute Gasteiger partial charge is 0.323 e. The zero-order valence-electron chi connectivity index (χ0n) is 26.9. The molecule has 0 aliphatic heterocycles. The Kier molecular flexibility index (Phi) is 12.2. The molecule has 0 fully saturated rings. The fourth-order valence-corrected chi connectivity index (χ4v) is 6.03. The maximum absolute atomic E-state index is 12.8. The van der Waals surface area contributed by atoms with Crippen molar-refractivity contribution in [3.8, 4) is 11.1 Å². The third-order valence-electron chi connectivity index (χ3n) is 7.82. The number of benzene rings is 4. The number of nitrogens with zero attached hydrogens (tertiary/aromatic N) is 1. The van der Waals surface area contributed by atoms with Crippen LogP contribution in [0.25, 0.3) is 11.1 Å². The Hall–Kier alpha value is -4.07. The standard InChI is InChI=1S/C38H46N4O2S/c1-5-42(37(43)40-26-31-19-23-35(24-20-31)38(2,3)4)36(39)16-10-13-29-17-21-33(22-18-29)34-15-9-14-32(25-34)28-45(44)41-27-30-11-7-6-8-12-30/h6-9,11-12,14-15,17-25,39,41H,5,10,13,16,26-28H2,1-4H3,(H,40,43). The predicted molar refractivity (Wildman–Crippen MR) is 187 cm³/mol. The molecule has 0 bridgehead atoms. The van der Waals surface area contributed by atoms with Gasteiger partial charge < -0.3 is 5.32 Å². The van der Waals surface area contributed by atoms with Crippen molar-refractivity contribution in [3.63, 3.8) is 0 Å². The summed E-state index contributed by atoms with van der Waals surface area (Å²) in [4.78, 5) is 14.4. The molecular formula is C38H46N4O2S. The number of hydrogen-bond acceptors (Lipinski definition) is 3. The molecule has 6 nitrogen and oxygen atoms in total. The van der Waals surface area contributed by atoms with Crippen LogP contribution in [0.1, 0.15) is 68.4 Å². The Balaban J connectivity index is 1.22. The molecule has 4 aromatic rings. The molecule has 0 aliphatic carbocycles. The number of carbonyl (C=O) groups is 1. The molecule has 45 heavy (non-hydrogen) atoms. The van der Waals surface area contributed by atoms with Crippen LogP contribution in [0.2, 0.25) is 0 Å². The molecule has 0 saturated heterocycles. The van der Waals surface area contributed by atoms with Crippen molar-refractivity contribution in [3.05, 3.63) is 131 Å². The zero-order chi connectivity index (χ0) is 32.2. The van der Waals surface area contributed by atoms with Gasteiger partial charge in [0.1, 0.15) is 5.84 Å². The second-order valence-corrected chi connectivity index (χ2v) is 13.6. The van der Waals surface area contributed by atoms with E-state index in [-0.39, 0.29) is 11.4 Å². The number of hydrogen-bond donors (Lipinski definition) is 3. The number of nitrogens with one attached hydrogen (secondary N) is 3. The first-order valence-electron chi connectivity index (χ1n) is 15.7. The molecule has 0 heterocycles. The van der Waals surface area contributed by atoms with Crippen molar-refractivity contribution < 1.29 is 9.00 Å². The Morgan fingerprint density at radius 1 is 0.778 bits per heavy atom. The van der Waals surface area contributed by atoms with E-state index in [9.17, 15) is 9.00 Å². The highest BCUT2D eigenvalue weighted by atomic mass is 32.2. The zero-order valence-corrected chi connectivity index (χ0v) is 27.8. The van der Waals surface area contributed by atoms with Gasteiger partial charge in [-0.2, -0.15) is 0 Å². The lowest BCUT2D eigenvalue weighted by atomic mass is 9.87. The highest BCUT2D eigenvalue weighted by molar-refractivity contribution is 7.82. The van der Waals surface area contributed by atoms with Crippen molar-refractivity contribution in [1.29, 1.82) is 5.41 Å². The molecule has 0 spiro atoms. The van der Waals surface area contributed by atoms with Crippen molar-refractivity contribution in [2.24, 2.45) is 0 Å². The number of aryl methyl sites for hydroxylation is 1. The normalized spacial score (nSPS) is 12.0. The van der Waals surface area contributed by atoms with Crippen LogP contribution in [0.3, 0.4) is 0 Å². The van der Waals surface area contributed by atoms with E-state index in [2.05, 4.69) is 91.5 Å². The lowest BCUT2D eigenvalue weighted by Crippen LogP contribution is -2.43. The Morgan fingerprint density at radius 3 is 2.09 bits per heavy atom. The molecule has 0 aromatic heterocycles. The van der Waals surface area contributed by atoms with Crippen molar-refractivity contribution in [2.45, 2.75) is 71.2 Å². The van der Waals surface area contributed by atoms with Crippen LogP contribution in [0, 0.1) is 5.41 Å². The minimum Gasteiger partial charge on any atom is -0.334 e. The lowest BCUT2D eigenvalue weighted by molar-refractivity contribution is 0.221. The van der Waals surface area contributed by atoms with Gasteiger partial charge in [0.05, 0.1) is 16.7 Å². The topological polar surface area (TPSA) is 85.3 Å². The molecule has 0 aliphatic rings. The average molecular weight is 623 g/mol. The van der Waals surface area contributed by atoms with E-state index in [1.54, 1.807) is 0 Å². The number of carbonyl (C=O) groups excluding carboxylic acids is 1. The highest BCUT2D eigenvalue weighted by Gasteiger charge is 2.17. The minimum absolute atomic E-state index is 0.0917. The van der Waals surface area contributed by atoms with Crippen LogP contribution < -0.4 is 10.0 Å². The fraction of sp³-hybridized carbons (Fsp3) is 0.316. The molecular weight excluding hydrogens is 577 g/mol. The summed E-state index contributed by atoms with van der Waals surface area (Å²) in [5, 5.41) is 11.5. The number of urea groups is 1. The highest BCUT2D eigenvalue weighted by Crippen LogP contribution is 2.23. The SMILES string of the molecule is CCN(C(=N)CCCc1ccc(-c2cccc(CS(=O)NCc3ccccc3)c2)cc1)C(=O)NCc1ccc(C(C)(C)C)cc1. The van der Waals surface area contributed by atoms with Crippen molar-refractivity contribution in [2.75, 3.05) is 6.54 Å². The molecule has 1 unspecified atom stereocenters. The van der Waals surface area contributed by atoms with Crippen molar-refractivity contribution in [1.82, 2.24) is 14.9 Å². The molecule has 2 amide bonds. The summed E-state index contributed by atoms with van der Waals surface area (Å²) in [5.74, 6) is 0.782. The molecule has 0 radical (unpaired) electrons. The third-order valence-corrected chi connectivity index (χ3v) is 8.88. The van der Waals surface area contributed by atoms with Crippen LogP contribution in [0.5, 0.6) is 0 Å². The van der Waals surface area contributed by atoms with Gasteiger partial charge in [-0.1, -0.05) is 124 Å². The lowest BCUT2D eigenvalue weighted by Gasteiger charge is -2.22. The van der Waals surface area contributed by atoms with Gasteiger partial charge in [-0.3, -0.25) is 10.3 Å². The molecule has 7 heteroatoms. The second-order valence-electron chi connectivity index (χ2n) is 12.3. The summed E-state index contributed by atoms with van der Waals surface area (Å²) < 4.78 is 15.7. The second kappa shape index (κ2) is 16.3. The molecule has 1 atom stereocenters. The van der Waals surface area contributed by atoms with Gasteiger partial charge in [0.25, 0.3) is 0 Å². The summed E-state index contributed by atoms with van der Waals surface area (Å²) >= 11 is 0. The van der Waals surface area contributed by atoms with E-state index < -0.39 is 11.0 Å². The van der Waals surface area contributed by atoms with Crippen LogP contribution in [-0.4, -0.2) is 27.5 Å². The first-order valence-corrected chi connectivity index (χ1v) is 17.0. The maximum atomic E-state index is 12.8. The van der Waals surface area contributed by atoms with Crippen LogP contribution >= 0.6 is 0 Å². The van der Waals surface area contributed by atoms with E-state index in [1.807, 2.05) is 49.4 Å². The van der Waals surface area contributed by atoms with Gasteiger partial charge in [0.2, 0.25) is 0 Å². The summed E-state index contributed by atoms with van der Waals surface area (Å²) in [5.41, 5.74) is 7.92. The largest absolute Gasteiger partial charge is 0.334 e. The minimum atomic E-state index is -1.16. The Labute approximate surface area is 271 Å². The number of rotatable bonds is 13. The molecule has 4 aromatic carbocycles. The Bertz CT molecular complexity index is 1560. The van der Waals surface area contributed by atoms with Gasteiger partial charge in [-0.15, -0.1) is 0 Å². The summed E-state index contributed by atoms with van der Waals surface area (Å²) in [7, 11) is -1.16. The molecule has 4 rings (SSSR count). The number of amidine groups is 1. The monoisotopic (exact) mass is 622 g/mol. The maximum Gasteiger partial charge on any atom is 0.323 e. The van der Waals surface area contributed by atoms with Crippen LogP contribution in [-0.2, 0) is 41.7 Å². The van der Waals surface area contributed by atoms with Gasteiger partial charge in [-0.05, 0) is 64.1 Å². The van der Waals surface area contributed by atoms with Crippen molar-refractivity contribution >= 4 is 22.9 Å². The van der Waals surface area contributed by atoms with Gasteiger partial charge in [-0.25, -0.2) is 13.7 Å². The quantitative estimate of drug-likeness (QED) is 0.104. The first-order chi connectivity index (χ1) is 21.6. The van der Waals surface area contributed by atoms with E-state index >= 15 is 0 Å². The molecule has 236 valence electrons. The van der Waals surface area contributed by atoms with E-state index in [0.29, 0.717) is 37.6 Å². The summed E-state index contributed by atoms with van der Waals surface area (Å²) in [6.45, 7) is 9.92. The van der Waals surface area contributed by atoms with E-state index in [0.717, 1.165) is 40.7 Å². The third kappa shape index (κ3) is 10.5. The first kappa shape index (κ1) is 33.8. The predicted octanol–water partition coefficient (Wildman–Crippen LogP) is 8.14. The van der Waals surface area contributed by atoms with Gasteiger partial charge in [0.15, 0.2) is 0 Å².